The quantitative estimate of drug-likeness (QED) is 0.873. The lowest BCUT2D eigenvalue weighted by molar-refractivity contribution is 0.395. The molecule has 134 valence electrons. The molecule has 0 amide bonds. The highest BCUT2D eigenvalue weighted by Gasteiger charge is 2.24. The fraction of sp³-hybridized carbons (Fsp3) is 0.250. The molecular formula is C16H17FN2O4S2. The number of anilines is 1. The molecule has 3 rings (SSSR count). The number of nitrogens with one attached hydrogen (secondary N) is 1. The van der Waals surface area contributed by atoms with Crippen molar-refractivity contribution in [3.63, 3.8) is 0 Å². The van der Waals surface area contributed by atoms with Crippen molar-refractivity contribution in [2.24, 2.45) is 0 Å². The van der Waals surface area contributed by atoms with Crippen LogP contribution in [0, 0.1) is 5.82 Å². The number of fused-ring (bicyclic) bond motifs is 1. The Morgan fingerprint density at radius 2 is 1.80 bits per heavy atom. The summed E-state index contributed by atoms with van der Waals surface area (Å²) in [6, 6.07) is 9.73. The minimum Gasteiger partial charge on any atom is -0.280 e. The van der Waals surface area contributed by atoms with Gasteiger partial charge in [0.2, 0.25) is 10.0 Å². The predicted molar refractivity (Wildman–Crippen MR) is 92.6 cm³/mol. The van der Waals surface area contributed by atoms with Crippen molar-refractivity contribution in [3.8, 4) is 0 Å². The summed E-state index contributed by atoms with van der Waals surface area (Å²) in [5.41, 5.74) is 2.03. The van der Waals surface area contributed by atoms with Crippen LogP contribution in [0.1, 0.15) is 11.1 Å². The van der Waals surface area contributed by atoms with E-state index in [1.165, 1.54) is 16.4 Å². The SMILES string of the molecule is CS(=O)(=O)N1CCc2ccc(NS(=O)(=O)c3cccc(F)c3)cc2C1. The Bertz CT molecular complexity index is 1020. The monoisotopic (exact) mass is 384 g/mol. The molecule has 25 heavy (non-hydrogen) atoms. The van der Waals surface area contributed by atoms with Crippen molar-refractivity contribution in [1.82, 2.24) is 4.31 Å². The fourth-order valence-corrected chi connectivity index (χ4v) is 4.60. The highest BCUT2D eigenvalue weighted by Crippen LogP contribution is 2.25. The Hall–Kier alpha value is -1.97. The highest BCUT2D eigenvalue weighted by molar-refractivity contribution is 7.92. The molecule has 0 fully saturated rings. The molecule has 0 radical (unpaired) electrons. The van der Waals surface area contributed by atoms with E-state index in [1.54, 1.807) is 18.2 Å². The van der Waals surface area contributed by atoms with Gasteiger partial charge in [0.05, 0.1) is 11.2 Å². The van der Waals surface area contributed by atoms with Crippen LogP contribution in [0.25, 0.3) is 0 Å². The maximum Gasteiger partial charge on any atom is 0.261 e. The second-order valence-electron chi connectivity index (χ2n) is 5.89. The minimum absolute atomic E-state index is 0.178. The van der Waals surface area contributed by atoms with Crippen molar-refractivity contribution in [1.29, 1.82) is 0 Å². The minimum atomic E-state index is -3.93. The van der Waals surface area contributed by atoms with Crippen LogP contribution in [-0.4, -0.2) is 33.9 Å². The summed E-state index contributed by atoms with van der Waals surface area (Å²) in [4.78, 5) is -0.178. The molecule has 0 unspecified atom stereocenters. The number of hydrogen-bond acceptors (Lipinski definition) is 4. The first-order chi connectivity index (χ1) is 11.6. The smallest absolute Gasteiger partial charge is 0.261 e. The van der Waals surface area contributed by atoms with Gasteiger partial charge < -0.3 is 0 Å². The van der Waals surface area contributed by atoms with E-state index in [1.807, 2.05) is 0 Å². The predicted octanol–water partition coefficient (Wildman–Crippen LogP) is 1.94. The van der Waals surface area contributed by atoms with Crippen LogP contribution >= 0.6 is 0 Å². The van der Waals surface area contributed by atoms with E-state index >= 15 is 0 Å². The lowest BCUT2D eigenvalue weighted by atomic mass is 10.0. The summed E-state index contributed by atoms with van der Waals surface area (Å²) < 4.78 is 65.1. The summed E-state index contributed by atoms with van der Waals surface area (Å²) in [5.74, 6) is -0.642. The van der Waals surface area contributed by atoms with Gasteiger partial charge in [-0.1, -0.05) is 12.1 Å². The molecule has 1 N–H and O–H groups in total. The highest BCUT2D eigenvalue weighted by atomic mass is 32.2. The molecule has 9 heteroatoms. The zero-order chi connectivity index (χ0) is 18.2. The van der Waals surface area contributed by atoms with E-state index in [9.17, 15) is 21.2 Å². The van der Waals surface area contributed by atoms with Crippen LogP contribution in [-0.2, 0) is 33.0 Å². The van der Waals surface area contributed by atoms with E-state index in [-0.39, 0.29) is 11.4 Å². The van der Waals surface area contributed by atoms with Crippen molar-refractivity contribution < 1.29 is 21.2 Å². The molecule has 2 aromatic rings. The Morgan fingerprint density at radius 3 is 2.48 bits per heavy atom. The third-order valence-corrected chi connectivity index (χ3v) is 6.64. The molecule has 0 bridgehead atoms. The number of nitrogens with zero attached hydrogens (tertiary/aromatic N) is 1. The number of sulfonamides is 2. The standard InChI is InChI=1S/C16H17FN2O4S2/c1-24(20,21)19-8-7-12-5-6-15(9-13(12)11-19)18-25(22,23)16-4-2-3-14(17)10-16/h2-6,9-10,18H,7-8,11H2,1H3. The Labute approximate surface area is 146 Å². The van der Waals surface area contributed by atoms with Crippen LogP contribution < -0.4 is 4.72 Å². The molecule has 0 aromatic heterocycles. The lowest BCUT2D eigenvalue weighted by Crippen LogP contribution is -2.35. The Balaban J connectivity index is 1.88. The second-order valence-corrected chi connectivity index (χ2v) is 9.56. The van der Waals surface area contributed by atoms with Crippen LogP contribution in [0.4, 0.5) is 10.1 Å². The normalized spacial score (nSPS) is 15.6. The van der Waals surface area contributed by atoms with Crippen LogP contribution in [0.3, 0.4) is 0 Å². The number of benzene rings is 2. The molecule has 0 atom stereocenters. The number of hydrogen-bond donors (Lipinski definition) is 1. The summed E-state index contributed by atoms with van der Waals surface area (Å²) >= 11 is 0. The number of halogens is 1. The molecule has 2 aromatic carbocycles. The summed E-state index contributed by atoms with van der Waals surface area (Å²) in [5, 5.41) is 0. The zero-order valence-corrected chi connectivity index (χ0v) is 15.1. The van der Waals surface area contributed by atoms with E-state index in [2.05, 4.69) is 4.72 Å². The van der Waals surface area contributed by atoms with Gasteiger partial charge in [0.1, 0.15) is 5.82 Å². The van der Waals surface area contributed by atoms with Gasteiger partial charge in [-0.3, -0.25) is 4.72 Å². The van der Waals surface area contributed by atoms with Gasteiger partial charge in [-0.05, 0) is 47.9 Å². The van der Waals surface area contributed by atoms with Gasteiger partial charge in [0.15, 0.2) is 0 Å². The summed E-state index contributed by atoms with van der Waals surface area (Å²) in [6.45, 7) is 0.601. The van der Waals surface area contributed by atoms with Crippen LogP contribution in [0.2, 0.25) is 0 Å². The molecule has 0 saturated heterocycles. The molecule has 1 aliphatic rings. The van der Waals surface area contributed by atoms with Crippen molar-refractivity contribution in [2.75, 3.05) is 17.5 Å². The Morgan fingerprint density at radius 1 is 1.04 bits per heavy atom. The van der Waals surface area contributed by atoms with Crippen molar-refractivity contribution >= 4 is 25.7 Å². The van der Waals surface area contributed by atoms with Gasteiger partial charge in [0, 0.05) is 18.8 Å². The topological polar surface area (TPSA) is 83.6 Å². The van der Waals surface area contributed by atoms with Crippen LogP contribution in [0.5, 0.6) is 0 Å². The second kappa shape index (κ2) is 6.40. The third-order valence-electron chi connectivity index (χ3n) is 4.01. The van der Waals surface area contributed by atoms with Gasteiger partial charge >= 0.3 is 0 Å². The third kappa shape index (κ3) is 4.00. The van der Waals surface area contributed by atoms with Crippen molar-refractivity contribution in [2.45, 2.75) is 17.9 Å². The molecule has 0 aliphatic carbocycles. The first kappa shape index (κ1) is 17.8. The molecule has 0 spiro atoms. The maximum atomic E-state index is 13.3. The van der Waals surface area contributed by atoms with E-state index in [4.69, 9.17) is 0 Å². The largest absolute Gasteiger partial charge is 0.280 e. The van der Waals surface area contributed by atoms with Crippen molar-refractivity contribution in [3.05, 3.63) is 59.4 Å². The molecule has 1 heterocycles. The van der Waals surface area contributed by atoms with Gasteiger partial charge in [-0.25, -0.2) is 21.2 Å². The van der Waals surface area contributed by atoms with Gasteiger partial charge in [-0.15, -0.1) is 0 Å². The molecule has 0 saturated carbocycles. The summed E-state index contributed by atoms with van der Waals surface area (Å²) in [7, 11) is -7.24. The van der Waals surface area contributed by atoms with Crippen LogP contribution in [0.15, 0.2) is 47.4 Å². The van der Waals surface area contributed by atoms with Gasteiger partial charge in [0.25, 0.3) is 10.0 Å². The van der Waals surface area contributed by atoms with Gasteiger partial charge in [-0.2, -0.15) is 4.31 Å². The fourth-order valence-electron chi connectivity index (χ4n) is 2.73. The molecule has 1 aliphatic heterocycles. The average Bonchev–Trinajstić information content (AvgIpc) is 2.53. The van der Waals surface area contributed by atoms with E-state index in [0.717, 1.165) is 29.5 Å². The molecule has 6 nitrogen and oxygen atoms in total. The zero-order valence-electron chi connectivity index (χ0n) is 13.4. The Kier molecular flexibility index (Phi) is 4.56. The lowest BCUT2D eigenvalue weighted by Gasteiger charge is -2.27. The first-order valence-electron chi connectivity index (χ1n) is 7.50. The maximum absolute atomic E-state index is 13.3. The number of rotatable bonds is 4. The molecular weight excluding hydrogens is 367 g/mol. The summed E-state index contributed by atoms with van der Waals surface area (Å²) in [6.07, 6.45) is 1.72. The van der Waals surface area contributed by atoms with E-state index in [0.29, 0.717) is 18.7 Å². The average molecular weight is 384 g/mol. The van der Waals surface area contributed by atoms with E-state index < -0.39 is 25.9 Å². The first-order valence-corrected chi connectivity index (χ1v) is 10.8.